The smallest absolute Gasteiger partial charge is 0.274 e. The molecular formula is C27H29ClN4O2. The van der Waals surface area contributed by atoms with E-state index in [4.69, 9.17) is 21.4 Å². The lowest BCUT2D eigenvalue weighted by molar-refractivity contribution is 0.0725. The monoisotopic (exact) mass is 476 g/mol. The first kappa shape index (κ1) is 21.7. The van der Waals surface area contributed by atoms with E-state index < -0.39 is 0 Å². The maximum atomic E-state index is 13.6. The number of nitrogens with zero attached hydrogens (tertiary/aromatic N) is 4. The molecule has 6 rings (SSSR count). The average molecular weight is 477 g/mol. The van der Waals surface area contributed by atoms with Gasteiger partial charge in [-0.25, -0.2) is 0 Å². The first-order valence-electron chi connectivity index (χ1n) is 12.1. The molecule has 1 aliphatic carbocycles. The summed E-state index contributed by atoms with van der Waals surface area (Å²) in [6, 6.07) is 14.6. The standard InChI is InChI=1S/C27H29ClN4O2/c1-30-24-8-7-22(31-12-13-34-25-9-6-21(28)14-20(25)17-31)15-23(24)26(29-30)27(33)32-11-10-18-4-2-3-5-19(18)16-32/h2-6,9,14,22H,7-8,10-13,15-17H2,1H3/t22-/m1/s1. The van der Waals surface area contributed by atoms with E-state index in [1.54, 1.807) is 0 Å². The van der Waals surface area contributed by atoms with E-state index in [9.17, 15) is 4.79 Å². The van der Waals surface area contributed by atoms with Crippen molar-refractivity contribution in [2.24, 2.45) is 7.05 Å². The number of fused-ring (bicyclic) bond motifs is 3. The molecule has 3 aromatic rings. The van der Waals surface area contributed by atoms with E-state index in [0.29, 0.717) is 24.9 Å². The van der Waals surface area contributed by atoms with E-state index in [2.05, 4.69) is 29.2 Å². The largest absolute Gasteiger partial charge is 0.492 e. The second kappa shape index (κ2) is 8.75. The molecule has 3 aliphatic rings. The van der Waals surface area contributed by atoms with Gasteiger partial charge >= 0.3 is 0 Å². The Morgan fingerprint density at radius 3 is 2.79 bits per heavy atom. The van der Waals surface area contributed by atoms with Crippen molar-refractivity contribution in [3.05, 3.63) is 81.1 Å². The predicted octanol–water partition coefficient (Wildman–Crippen LogP) is 4.02. The summed E-state index contributed by atoms with van der Waals surface area (Å²) in [7, 11) is 1.97. The topological polar surface area (TPSA) is 50.6 Å². The van der Waals surface area contributed by atoms with E-state index in [0.717, 1.165) is 67.2 Å². The van der Waals surface area contributed by atoms with Crippen LogP contribution < -0.4 is 4.74 Å². The molecule has 2 aromatic carbocycles. The molecule has 6 nitrogen and oxygen atoms in total. The Kier molecular flexibility index (Phi) is 5.58. The summed E-state index contributed by atoms with van der Waals surface area (Å²) in [5, 5.41) is 5.47. The van der Waals surface area contributed by atoms with Gasteiger partial charge in [0.2, 0.25) is 0 Å². The Balaban J connectivity index is 1.24. The minimum atomic E-state index is 0.0586. The quantitative estimate of drug-likeness (QED) is 0.560. The summed E-state index contributed by atoms with van der Waals surface area (Å²) in [4.78, 5) is 18.1. The number of aromatic nitrogens is 2. The molecule has 176 valence electrons. The maximum absolute atomic E-state index is 13.6. The zero-order valence-corrected chi connectivity index (χ0v) is 20.2. The number of carbonyl (C=O) groups is 1. The fourth-order valence-corrected chi connectivity index (χ4v) is 5.96. The van der Waals surface area contributed by atoms with Crippen molar-refractivity contribution in [1.29, 1.82) is 0 Å². The van der Waals surface area contributed by atoms with Crippen molar-refractivity contribution in [1.82, 2.24) is 19.6 Å². The zero-order chi connectivity index (χ0) is 23.2. The van der Waals surface area contributed by atoms with Gasteiger partial charge in [-0.3, -0.25) is 14.4 Å². The molecule has 34 heavy (non-hydrogen) atoms. The molecule has 2 aliphatic heterocycles. The van der Waals surface area contributed by atoms with Gasteiger partial charge in [-0.15, -0.1) is 0 Å². The summed E-state index contributed by atoms with van der Waals surface area (Å²) >= 11 is 6.27. The summed E-state index contributed by atoms with van der Waals surface area (Å²) in [6.07, 6.45) is 3.71. The molecule has 0 bridgehead atoms. The number of halogens is 1. The number of hydrogen-bond acceptors (Lipinski definition) is 4. The van der Waals surface area contributed by atoms with Gasteiger partial charge in [0.15, 0.2) is 5.69 Å². The lowest BCUT2D eigenvalue weighted by Gasteiger charge is -2.34. The maximum Gasteiger partial charge on any atom is 0.274 e. The molecule has 0 fully saturated rings. The van der Waals surface area contributed by atoms with Crippen molar-refractivity contribution >= 4 is 17.5 Å². The number of hydrogen-bond donors (Lipinski definition) is 0. The number of aryl methyl sites for hydroxylation is 1. The Labute approximate surface area is 205 Å². The third kappa shape index (κ3) is 3.89. The summed E-state index contributed by atoms with van der Waals surface area (Å²) < 4.78 is 7.92. The highest BCUT2D eigenvalue weighted by Gasteiger charge is 2.34. The molecular weight excluding hydrogens is 448 g/mol. The van der Waals surface area contributed by atoms with Gasteiger partial charge in [0, 0.05) is 61.1 Å². The summed E-state index contributed by atoms with van der Waals surface area (Å²) in [5.41, 5.74) is 6.68. The molecule has 0 saturated heterocycles. The fourth-order valence-electron chi connectivity index (χ4n) is 5.77. The molecule has 1 aromatic heterocycles. The van der Waals surface area contributed by atoms with Crippen molar-refractivity contribution in [3.8, 4) is 5.75 Å². The van der Waals surface area contributed by atoms with Gasteiger partial charge in [-0.1, -0.05) is 35.9 Å². The molecule has 0 N–H and O–H groups in total. The van der Waals surface area contributed by atoms with Crippen molar-refractivity contribution in [3.63, 3.8) is 0 Å². The second-order valence-corrected chi connectivity index (χ2v) is 10.0. The van der Waals surface area contributed by atoms with Crippen LogP contribution in [0.15, 0.2) is 42.5 Å². The van der Waals surface area contributed by atoms with Gasteiger partial charge in [0.25, 0.3) is 5.91 Å². The molecule has 0 unspecified atom stereocenters. The van der Waals surface area contributed by atoms with E-state index in [1.807, 2.05) is 34.8 Å². The highest BCUT2D eigenvalue weighted by atomic mass is 35.5. The van der Waals surface area contributed by atoms with Crippen LogP contribution in [0, 0.1) is 0 Å². The van der Waals surface area contributed by atoms with Crippen molar-refractivity contribution < 1.29 is 9.53 Å². The van der Waals surface area contributed by atoms with Gasteiger partial charge in [-0.05, 0) is 55.0 Å². The van der Waals surface area contributed by atoms with Crippen LogP contribution in [-0.2, 0) is 39.4 Å². The number of ether oxygens (including phenoxy) is 1. The average Bonchev–Trinajstić information content (AvgIpc) is 3.04. The highest BCUT2D eigenvalue weighted by molar-refractivity contribution is 6.30. The number of rotatable bonds is 2. The summed E-state index contributed by atoms with van der Waals surface area (Å²) in [5.74, 6) is 0.981. The second-order valence-electron chi connectivity index (χ2n) is 9.61. The van der Waals surface area contributed by atoms with E-state index >= 15 is 0 Å². The Morgan fingerprint density at radius 1 is 1.06 bits per heavy atom. The Hall–Kier alpha value is -2.83. The van der Waals surface area contributed by atoms with Gasteiger partial charge in [0.1, 0.15) is 12.4 Å². The molecule has 1 amide bonds. The third-order valence-corrected chi connectivity index (χ3v) is 7.83. The fraction of sp³-hybridized carbons (Fsp3) is 0.407. The highest BCUT2D eigenvalue weighted by Crippen LogP contribution is 2.32. The lowest BCUT2D eigenvalue weighted by atomic mass is 9.89. The van der Waals surface area contributed by atoms with Gasteiger partial charge in [0.05, 0.1) is 0 Å². The minimum absolute atomic E-state index is 0.0586. The minimum Gasteiger partial charge on any atom is -0.492 e. The molecule has 0 radical (unpaired) electrons. The van der Waals surface area contributed by atoms with Gasteiger partial charge < -0.3 is 9.64 Å². The molecule has 0 saturated carbocycles. The normalized spacial score (nSPS) is 20.1. The van der Waals surface area contributed by atoms with Crippen molar-refractivity contribution in [2.45, 2.75) is 44.8 Å². The Morgan fingerprint density at radius 2 is 1.91 bits per heavy atom. The molecule has 3 heterocycles. The molecule has 0 spiro atoms. The van der Waals surface area contributed by atoms with E-state index in [-0.39, 0.29) is 5.91 Å². The van der Waals surface area contributed by atoms with Crippen LogP contribution in [0.4, 0.5) is 0 Å². The number of carbonyl (C=O) groups excluding carboxylic acids is 1. The van der Waals surface area contributed by atoms with Crippen LogP contribution in [0.3, 0.4) is 0 Å². The Bertz CT molecular complexity index is 1250. The van der Waals surface area contributed by atoms with Crippen LogP contribution in [0.2, 0.25) is 5.02 Å². The molecule has 7 heteroatoms. The first-order chi connectivity index (χ1) is 16.6. The first-order valence-corrected chi connectivity index (χ1v) is 12.5. The summed E-state index contributed by atoms with van der Waals surface area (Å²) in [6.45, 7) is 3.72. The van der Waals surface area contributed by atoms with Crippen LogP contribution >= 0.6 is 11.6 Å². The SMILES string of the molecule is Cn1nc(C(=O)N2CCc3ccccc3C2)c2c1CC[C@@H](N1CCOc3ccc(Cl)cc3C1)C2. The number of amides is 1. The van der Waals surface area contributed by atoms with Crippen molar-refractivity contribution in [2.75, 3.05) is 19.7 Å². The lowest BCUT2D eigenvalue weighted by Crippen LogP contribution is -2.41. The van der Waals surface area contributed by atoms with E-state index in [1.165, 1.54) is 16.8 Å². The third-order valence-electron chi connectivity index (χ3n) is 7.60. The van der Waals surface area contributed by atoms with Gasteiger partial charge in [-0.2, -0.15) is 5.10 Å². The van der Waals surface area contributed by atoms with Crippen LogP contribution in [0.25, 0.3) is 0 Å². The van der Waals surface area contributed by atoms with Crippen LogP contribution in [0.1, 0.15) is 44.9 Å². The zero-order valence-electron chi connectivity index (χ0n) is 19.5. The van der Waals surface area contributed by atoms with Crippen LogP contribution in [0.5, 0.6) is 5.75 Å². The molecule has 1 atom stereocenters. The number of benzene rings is 2. The van der Waals surface area contributed by atoms with Crippen LogP contribution in [-0.4, -0.2) is 51.2 Å². The predicted molar refractivity (Wildman–Crippen MR) is 131 cm³/mol.